The Labute approximate surface area is 113 Å². The van der Waals surface area contributed by atoms with Gasteiger partial charge in [0.1, 0.15) is 11.6 Å². The number of nitrogens with zero attached hydrogens (tertiary/aromatic N) is 3. The molecule has 0 aromatic carbocycles. The van der Waals surface area contributed by atoms with Gasteiger partial charge < -0.3 is 10.2 Å². The highest BCUT2D eigenvalue weighted by atomic mass is 19.1. The first-order valence-electron chi connectivity index (χ1n) is 7.06. The fourth-order valence-corrected chi connectivity index (χ4v) is 3.26. The van der Waals surface area contributed by atoms with E-state index in [-0.39, 0.29) is 5.82 Å². The van der Waals surface area contributed by atoms with Crippen LogP contribution in [0.3, 0.4) is 0 Å². The van der Waals surface area contributed by atoms with Crippen molar-refractivity contribution in [2.24, 2.45) is 0 Å². The highest BCUT2D eigenvalue weighted by Crippen LogP contribution is 2.26. The summed E-state index contributed by atoms with van der Waals surface area (Å²) < 4.78 is 13.3. The molecule has 0 bridgehead atoms. The van der Waals surface area contributed by atoms with Crippen molar-refractivity contribution >= 4 is 5.82 Å². The van der Waals surface area contributed by atoms with Gasteiger partial charge in [0, 0.05) is 37.8 Å². The van der Waals surface area contributed by atoms with Crippen LogP contribution in [0.1, 0.15) is 18.4 Å². The fourth-order valence-electron chi connectivity index (χ4n) is 3.26. The maximum absolute atomic E-state index is 13.3. The normalized spacial score (nSPS) is 23.7. The molecular formula is C14H21FN4. The molecule has 2 aliphatic heterocycles. The SMILES string of the molecule is CNCc1cc(F)cnc1N1CCN2CCCC2C1. The van der Waals surface area contributed by atoms with Gasteiger partial charge in [-0.3, -0.25) is 4.90 Å². The van der Waals surface area contributed by atoms with Crippen LogP contribution < -0.4 is 10.2 Å². The number of anilines is 1. The lowest BCUT2D eigenvalue weighted by Crippen LogP contribution is -2.50. The van der Waals surface area contributed by atoms with Crippen molar-refractivity contribution in [3.05, 3.63) is 23.6 Å². The number of fused-ring (bicyclic) bond motifs is 1. The van der Waals surface area contributed by atoms with Gasteiger partial charge in [-0.05, 0) is 32.5 Å². The second-order valence-electron chi connectivity index (χ2n) is 5.44. The van der Waals surface area contributed by atoms with Crippen molar-refractivity contribution in [2.45, 2.75) is 25.4 Å². The number of hydrogen-bond acceptors (Lipinski definition) is 4. The number of nitrogens with one attached hydrogen (secondary N) is 1. The zero-order valence-electron chi connectivity index (χ0n) is 11.4. The smallest absolute Gasteiger partial charge is 0.141 e. The molecule has 2 saturated heterocycles. The quantitative estimate of drug-likeness (QED) is 0.889. The molecule has 0 radical (unpaired) electrons. The summed E-state index contributed by atoms with van der Waals surface area (Å²) in [7, 11) is 1.88. The van der Waals surface area contributed by atoms with Crippen LogP contribution in [0, 0.1) is 5.82 Å². The number of halogens is 1. The lowest BCUT2D eigenvalue weighted by molar-refractivity contribution is 0.230. The Morgan fingerprint density at radius 1 is 1.42 bits per heavy atom. The van der Waals surface area contributed by atoms with Crippen molar-refractivity contribution in [3.63, 3.8) is 0 Å². The van der Waals surface area contributed by atoms with Crippen LogP contribution in [-0.4, -0.2) is 49.2 Å². The first kappa shape index (κ1) is 12.8. The first-order chi connectivity index (χ1) is 9.28. The van der Waals surface area contributed by atoms with Crippen molar-refractivity contribution in [1.29, 1.82) is 0 Å². The van der Waals surface area contributed by atoms with E-state index in [1.54, 1.807) is 6.07 Å². The van der Waals surface area contributed by atoms with E-state index in [4.69, 9.17) is 0 Å². The summed E-state index contributed by atoms with van der Waals surface area (Å²) in [5.41, 5.74) is 0.953. The van der Waals surface area contributed by atoms with Crippen molar-refractivity contribution in [1.82, 2.24) is 15.2 Å². The van der Waals surface area contributed by atoms with Gasteiger partial charge in [0.25, 0.3) is 0 Å². The summed E-state index contributed by atoms with van der Waals surface area (Å²) in [5, 5.41) is 3.09. The van der Waals surface area contributed by atoms with Crippen LogP contribution in [0.15, 0.2) is 12.3 Å². The maximum Gasteiger partial charge on any atom is 0.141 e. The summed E-state index contributed by atoms with van der Waals surface area (Å²) in [6, 6.07) is 2.25. The first-order valence-corrected chi connectivity index (χ1v) is 7.06. The second-order valence-corrected chi connectivity index (χ2v) is 5.44. The summed E-state index contributed by atoms with van der Waals surface area (Å²) in [5.74, 6) is 0.691. The molecule has 0 spiro atoms. The van der Waals surface area contributed by atoms with Crippen LogP contribution in [0.2, 0.25) is 0 Å². The van der Waals surface area contributed by atoms with Gasteiger partial charge in [0.05, 0.1) is 6.20 Å². The molecule has 19 heavy (non-hydrogen) atoms. The Morgan fingerprint density at radius 3 is 3.16 bits per heavy atom. The Balaban J connectivity index is 1.81. The van der Waals surface area contributed by atoms with Gasteiger partial charge in [-0.1, -0.05) is 0 Å². The van der Waals surface area contributed by atoms with E-state index in [1.165, 1.54) is 25.6 Å². The van der Waals surface area contributed by atoms with E-state index in [1.807, 2.05) is 7.05 Å². The molecule has 2 fully saturated rings. The second kappa shape index (κ2) is 5.43. The molecular weight excluding hydrogens is 243 g/mol. The summed E-state index contributed by atoms with van der Waals surface area (Å²) in [4.78, 5) is 9.21. The monoisotopic (exact) mass is 264 g/mol. The molecule has 1 unspecified atom stereocenters. The number of rotatable bonds is 3. The van der Waals surface area contributed by atoms with E-state index < -0.39 is 0 Å². The number of hydrogen-bond donors (Lipinski definition) is 1. The molecule has 2 aliphatic rings. The van der Waals surface area contributed by atoms with Crippen molar-refractivity contribution in [2.75, 3.05) is 38.1 Å². The molecule has 0 amide bonds. The average Bonchev–Trinajstić information content (AvgIpc) is 2.86. The molecule has 4 nitrogen and oxygen atoms in total. The van der Waals surface area contributed by atoms with Crippen LogP contribution in [0.4, 0.5) is 10.2 Å². The highest BCUT2D eigenvalue weighted by Gasteiger charge is 2.31. The Morgan fingerprint density at radius 2 is 2.32 bits per heavy atom. The van der Waals surface area contributed by atoms with E-state index in [0.717, 1.165) is 31.0 Å². The van der Waals surface area contributed by atoms with Crippen LogP contribution >= 0.6 is 0 Å². The largest absolute Gasteiger partial charge is 0.353 e. The Kier molecular flexibility index (Phi) is 3.66. The van der Waals surface area contributed by atoms with Gasteiger partial charge in [0.15, 0.2) is 0 Å². The average molecular weight is 264 g/mol. The van der Waals surface area contributed by atoms with Gasteiger partial charge in [-0.2, -0.15) is 0 Å². The lowest BCUT2D eigenvalue weighted by Gasteiger charge is -2.38. The molecule has 0 saturated carbocycles. The molecule has 0 aliphatic carbocycles. The Bertz CT molecular complexity index is 451. The topological polar surface area (TPSA) is 31.4 Å². The Hall–Kier alpha value is -1.20. The minimum atomic E-state index is -0.256. The van der Waals surface area contributed by atoms with Gasteiger partial charge >= 0.3 is 0 Å². The van der Waals surface area contributed by atoms with Crippen molar-refractivity contribution in [3.8, 4) is 0 Å². The zero-order chi connectivity index (χ0) is 13.2. The van der Waals surface area contributed by atoms with Gasteiger partial charge in [0.2, 0.25) is 0 Å². The third-order valence-corrected chi connectivity index (χ3v) is 4.16. The minimum Gasteiger partial charge on any atom is -0.353 e. The van der Waals surface area contributed by atoms with Crippen molar-refractivity contribution < 1.29 is 4.39 Å². The fraction of sp³-hybridized carbons (Fsp3) is 0.643. The van der Waals surface area contributed by atoms with Crippen LogP contribution in [0.25, 0.3) is 0 Å². The van der Waals surface area contributed by atoms with Gasteiger partial charge in [-0.15, -0.1) is 0 Å². The molecule has 1 aromatic heterocycles. The maximum atomic E-state index is 13.3. The summed E-state index contributed by atoms with van der Waals surface area (Å²) >= 11 is 0. The lowest BCUT2D eigenvalue weighted by atomic mass is 10.1. The number of piperazine rings is 1. The predicted molar refractivity (Wildman–Crippen MR) is 73.8 cm³/mol. The molecule has 3 rings (SSSR count). The molecule has 1 atom stereocenters. The summed E-state index contributed by atoms with van der Waals surface area (Å²) in [6.45, 7) is 5.01. The van der Waals surface area contributed by atoms with E-state index >= 15 is 0 Å². The summed E-state index contributed by atoms with van der Waals surface area (Å²) in [6.07, 6.45) is 3.91. The van der Waals surface area contributed by atoms with Crippen LogP contribution in [0.5, 0.6) is 0 Å². The predicted octanol–water partition coefficient (Wildman–Crippen LogP) is 1.22. The molecule has 5 heteroatoms. The molecule has 104 valence electrons. The molecule has 3 heterocycles. The minimum absolute atomic E-state index is 0.256. The number of pyridine rings is 1. The third-order valence-electron chi connectivity index (χ3n) is 4.16. The molecule has 1 aromatic rings. The highest BCUT2D eigenvalue weighted by molar-refractivity contribution is 5.47. The van der Waals surface area contributed by atoms with E-state index in [2.05, 4.69) is 20.1 Å². The zero-order valence-corrected chi connectivity index (χ0v) is 11.4. The van der Waals surface area contributed by atoms with Gasteiger partial charge in [-0.25, -0.2) is 9.37 Å². The van der Waals surface area contributed by atoms with E-state index in [9.17, 15) is 4.39 Å². The standard InChI is InChI=1S/C14H21FN4/c1-16-8-11-7-12(15)9-17-14(11)19-6-5-18-4-2-3-13(18)10-19/h7,9,13,16H,2-6,8,10H2,1H3. The number of aromatic nitrogens is 1. The van der Waals surface area contributed by atoms with Crippen LogP contribution in [-0.2, 0) is 6.54 Å². The molecule has 1 N–H and O–H groups in total. The van der Waals surface area contributed by atoms with E-state index in [0.29, 0.717) is 12.6 Å². The third kappa shape index (κ3) is 2.58.